The van der Waals surface area contributed by atoms with Gasteiger partial charge in [-0.15, -0.1) is 0 Å². The smallest absolute Gasteiger partial charge is 0.144 e. The molecule has 5 nitrogen and oxygen atoms in total. The summed E-state index contributed by atoms with van der Waals surface area (Å²) in [4.78, 5) is 10.9. The molecule has 112 valence electrons. The number of anilines is 2. The summed E-state index contributed by atoms with van der Waals surface area (Å²) < 4.78 is 5.16. The summed E-state index contributed by atoms with van der Waals surface area (Å²) in [6, 6.07) is 7.97. The number of aromatic nitrogens is 2. The number of rotatable bonds is 7. The topological polar surface area (TPSA) is 50.3 Å². The molecule has 1 aromatic carbocycles. The van der Waals surface area contributed by atoms with E-state index in [-0.39, 0.29) is 0 Å². The highest BCUT2D eigenvalue weighted by molar-refractivity contribution is 5.48. The summed E-state index contributed by atoms with van der Waals surface area (Å²) in [5, 5.41) is 3.22. The van der Waals surface area contributed by atoms with Gasteiger partial charge in [0.25, 0.3) is 0 Å². The zero-order valence-corrected chi connectivity index (χ0v) is 12.8. The van der Waals surface area contributed by atoms with Gasteiger partial charge in [0.1, 0.15) is 11.6 Å². The molecule has 0 radical (unpaired) electrons. The monoisotopic (exact) mass is 286 g/mol. The van der Waals surface area contributed by atoms with Gasteiger partial charge < -0.3 is 15.0 Å². The van der Waals surface area contributed by atoms with E-state index in [1.807, 2.05) is 37.5 Å². The number of hydrogen-bond acceptors (Lipinski definition) is 5. The fraction of sp³-hybridized carbons (Fsp3) is 0.375. The van der Waals surface area contributed by atoms with E-state index < -0.39 is 0 Å². The van der Waals surface area contributed by atoms with E-state index in [0.29, 0.717) is 6.54 Å². The number of benzene rings is 1. The summed E-state index contributed by atoms with van der Waals surface area (Å²) in [7, 11) is 3.70. The first-order chi connectivity index (χ1) is 10.2. The molecule has 0 saturated heterocycles. The molecular formula is C16H22N4O. The average molecular weight is 286 g/mol. The summed E-state index contributed by atoms with van der Waals surface area (Å²) in [5.74, 6) is 1.69. The second kappa shape index (κ2) is 7.47. The van der Waals surface area contributed by atoms with Gasteiger partial charge in [0.05, 0.1) is 31.7 Å². The van der Waals surface area contributed by atoms with Crippen LogP contribution in [0, 0.1) is 0 Å². The highest BCUT2D eigenvalue weighted by Crippen LogP contribution is 2.19. The SMILES string of the molecule is CCCNc1cnc(CN(C)c2ccc(OC)cc2)cn1. The van der Waals surface area contributed by atoms with Crippen LogP contribution in [0.1, 0.15) is 19.0 Å². The molecule has 2 rings (SSSR count). The predicted molar refractivity (Wildman–Crippen MR) is 85.9 cm³/mol. The number of methoxy groups -OCH3 is 1. The summed E-state index contributed by atoms with van der Waals surface area (Å²) in [6.07, 6.45) is 4.68. The Morgan fingerprint density at radius 3 is 2.48 bits per heavy atom. The Kier molecular flexibility index (Phi) is 5.37. The molecule has 5 heteroatoms. The predicted octanol–water partition coefficient (Wildman–Crippen LogP) is 2.94. The Bertz CT molecular complexity index is 539. The third-order valence-corrected chi connectivity index (χ3v) is 3.17. The van der Waals surface area contributed by atoms with E-state index in [0.717, 1.165) is 35.9 Å². The molecule has 0 fully saturated rings. The molecule has 0 aliphatic heterocycles. The first-order valence-electron chi connectivity index (χ1n) is 7.13. The molecule has 0 saturated carbocycles. The molecule has 2 aromatic rings. The normalized spacial score (nSPS) is 10.2. The molecule has 0 spiro atoms. The molecule has 1 heterocycles. The summed E-state index contributed by atoms with van der Waals surface area (Å²) >= 11 is 0. The van der Waals surface area contributed by atoms with Crippen molar-refractivity contribution >= 4 is 11.5 Å². The van der Waals surface area contributed by atoms with Crippen LogP contribution in [0.25, 0.3) is 0 Å². The Hall–Kier alpha value is -2.30. The van der Waals surface area contributed by atoms with Gasteiger partial charge in [0, 0.05) is 19.3 Å². The molecule has 21 heavy (non-hydrogen) atoms. The summed E-state index contributed by atoms with van der Waals surface area (Å²) in [5.41, 5.74) is 2.06. The van der Waals surface area contributed by atoms with Crippen LogP contribution in [0.15, 0.2) is 36.7 Å². The first-order valence-corrected chi connectivity index (χ1v) is 7.13. The second-order valence-corrected chi connectivity index (χ2v) is 4.87. The van der Waals surface area contributed by atoms with Gasteiger partial charge in [-0.25, -0.2) is 4.98 Å². The Morgan fingerprint density at radius 2 is 1.90 bits per heavy atom. The minimum Gasteiger partial charge on any atom is -0.497 e. The Labute approximate surface area is 126 Å². The van der Waals surface area contributed by atoms with Crippen LogP contribution in [0.5, 0.6) is 5.75 Å². The third kappa shape index (κ3) is 4.34. The van der Waals surface area contributed by atoms with E-state index in [1.165, 1.54) is 0 Å². The lowest BCUT2D eigenvalue weighted by Gasteiger charge is -2.19. The lowest BCUT2D eigenvalue weighted by Crippen LogP contribution is -2.17. The molecule has 0 unspecified atom stereocenters. The van der Waals surface area contributed by atoms with E-state index in [2.05, 4.69) is 27.1 Å². The van der Waals surface area contributed by atoms with Crippen molar-refractivity contribution in [2.24, 2.45) is 0 Å². The van der Waals surface area contributed by atoms with Crippen LogP contribution in [0.4, 0.5) is 11.5 Å². The average Bonchev–Trinajstić information content (AvgIpc) is 2.54. The summed E-state index contributed by atoms with van der Waals surface area (Å²) in [6.45, 7) is 3.76. The maximum atomic E-state index is 5.16. The van der Waals surface area contributed by atoms with Gasteiger partial charge in [-0.1, -0.05) is 6.92 Å². The first kappa shape index (κ1) is 15.1. The van der Waals surface area contributed by atoms with Crippen molar-refractivity contribution < 1.29 is 4.74 Å². The van der Waals surface area contributed by atoms with Crippen molar-refractivity contribution in [2.75, 3.05) is 30.9 Å². The fourth-order valence-corrected chi connectivity index (χ4v) is 1.95. The molecule has 1 N–H and O–H groups in total. The van der Waals surface area contributed by atoms with Crippen LogP contribution in [-0.2, 0) is 6.54 Å². The number of hydrogen-bond donors (Lipinski definition) is 1. The van der Waals surface area contributed by atoms with Crippen molar-refractivity contribution in [3.8, 4) is 5.75 Å². The lowest BCUT2D eigenvalue weighted by molar-refractivity contribution is 0.415. The highest BCUT2D eigenvalue weighted by Gasteiger charge is 2.04. The van der Waals surface area contributed by atoms with Gasteiger partial charge in [0.15, 0.2) is 0 Å². The molecule has 0 atom stereocenters. The van der Waals surface area contributed by atoms with Gasteiger partial charge >= 0.3 is 0 Å². The van der Waals surface area contributed by atoms with E-state index >= 15 is 0 Å². The maximum absolute atomic E-state index is 5.16. The van der Waals surface area contributed by atoms with Crippen molar-refractivity contribution in [1.82, 2.24) is 9.97 Å². The molecular weight excluding hydrogens is 264 g/mol. The van der Waals surface area contributed by atoms with Crippen molar-refractivity contribution in [3.05, 3.63) is 42.4 Å². The highest BCUT2D eigenvalue weighted by atomic mass is 16.5. The molecule has 1 aromatic heterocycles. The molecule has 0 bridgehead atoms. The van der Waals surface area contributed by atoms with Crippen molar-refractivity contribution in [1.29, 1.82) is 0 Å². The second-order valence-electron chi connectivity index (χ2n) is 4.87. The fourth-order valence-electron chi connectivity index (χ4n) is 1.95. The van der Waals surface area contributed by atoms with Crippen LogP contribution in [-0.4, -0.2) is 30.7 Å². The largest absolute Gasteiger partial charge is 0.497 e. The minimum atomic E-state index is 0.716. The van der Waals surface area contributed by atoms with E-state index in [9.17, 15) is 0 Å². The molecule has 0 aliphatic carbocycles. The number of ether oxygens (including phenoxy) is 1. The molecule has 0 amide bonds. The lowest BCUT2D eigenvalue weighted by atomic mass is 10.2. The minimum absolute atomic E-state index is 0.716. The van der Waals surface area contributed by atoms with Crippen molar-refractivity contribution in [2.45, 2.75) is 19.9 Å². The zero-order valence-electron chi connectivity index (χ0n) is 12.8. The van der Waals surface area contributed by atoms with Crippen LogP contribution < -0.4 is 15.0 Å². The van der Waals surface area contributed by atoms with E-state index in [4.69, 9.17) is 4.74 Å². The number of nitrogens with one attached hydrogen (secondary N) is 1. The van der Waals surface area contributed by atoms with Crippen LogP contribution in [0.2, 0.25) is 0 Å². The maximum Gasteiger partial charge on any atom is 0.144 e. The third-order valence-electron chi connectivity index (χ3n) is 3.17. The van der Waals surface area contributed by atoms with Crippen LogP contribution in [0.3, 0.4) is 0 Å². The standard InChI is InChI=1S/C16H22N4O/c1-4-9-17-16-11-18-13(10-19-16)12-20(2)14-5-7-15(21-3)8-6-14/h5-8,10-11H,4,9,12H2,1-3H3,(H,17,19). The van der Waals surface area contributed by atoms with Crippen molar-refractivity contribution in [3.63, 3.8) is 0 Å². The van der Waals surface area contributed by atoms with Gasteiger partial charge in [-0.05, 0) is 30.7 Å². The van der Waals surface area contributed by atoms with Gasteiger partial charge in [0.2, 0.25) is 0 Å². The molecule has 0 aliphatic rings. The Morgan fingerprint density at radius 1 is 1.14 bits per heavy atom. The van der Waals surface area contributed by atoms with Gasteiger partial charge in [-0.2, -0.15) is 0 Å². The Balaban J connectivity index is 1.96. The van der Waals surface area contributed by atoms with Gasteiger partial charge in [-0.3, -0.25) is 4.98 Å². The zero-order chi connectivity index (χ0) is 15.1. The number of nitrogens with zero attached hydrogens (tertiary/aromatic N) is 3. The van der Waals surface area contributed by atoms with E-state index in [1.54, 1.807) is 13.3 Å². The quantitative estimate of drug-likeness (QED) is 0.848. The van der Waals surface area contributed by atoms with Crippen LogP contribution >= 0.6 is 0 Å².